The normalized spacial score (nSPS) is 17.9. The number of likely N-dealkylation sites (tertiary alicyclic amines) is 1. The lowest BCUT2D eigenvalue weighted by Crippen LogP contribution is -2.51. The summed E-state index contributed by atoms with van der Waals surface area (Å²) in [7, 11) is 1.96. The van der Waals surface area contributed by atoms with E-state index in [2.05, 4.69) is 44.1 Å². The maximum atomic E-state index is 12.1. The van der Waals surface area contributed by atoms with Crippen LogP contribution < -0.4 is 9.64 Å². The fourth-order valence-electron chi connectivity index (χ4n) is 6.28. The monoisotopic (exact) mass is 521 g/mol. The van der Waals surface area contributed by atoms with Gasteiger partial charge in [0.25, 0.3) is 0 Å². The van der Waals surface area contributed by atoms with Crippen LogP contribution in [0.4, 0.5) is 5.82 Å². The molecular formula is C30H31N7O2. The second-order valence-corrected chi connectivity index (χ2v) is 10.7. The predicted molar refractivity (Wildman–Crippen MR) is 151 cm³/mol. The predicted octanol–water partition coefficient (Wildman–Crippen LogP) is 5.23. The Morgan fingerprint density at radius 2 is 1.90 bits per heavy atom. The first kappa shape index (κ1) is 23.7. The van der Waals surface area contributed by atoms with Crippen LogP contribution in [0.2, 0.25) is 0 Å². The molecule has 0 aliphatic carbocycles. The van der Waals surface area contributed by atoms with Gasteiger partial charge in [0.15, 0.2) is 0 Å². The molecule has 2 aliphatic heterocycles. The average Bonchev–Trinajstić information content (AvgIpc) is 3.68. The van der Waals surface area contributed by atoms with Crippen molar-refractivity contribution in [2.75, 3.05) is 25.0 Å². The van der Waals surface area contributed by atoms with Crippen LogP contribution in [0, 0.1) is 0 Å². The first-order valence-electron chi connectivity index (χ1n) is 13.6. The molecule has 0 saturated carbocycles. The van der Waals surface area contributed by atoms with Gasteiger partial charge in [-0.3, -0.25) is 9.89 Å². The molecule has 2 aliphatic rings. The van der Waals surface area contributed by atoms with E-state index in [1.807, 2.05) is 54.7 Å². The van der Waals surface area contributed by atoms with Gasteiger partial charge in [-0.25, -0.2) is 9.97 Å². The van der Waals surface area contributed by atoms with Crippen LogP contribution in [0.1, 0.15) is 44.3 Å². The number of hydrogen-bond acceptors (Lipinski definition) is 6. The number of pyridine rings is 2. The molecule has 1 atom stereocenters. The van der Waals surface area contributed by atoms with Crippen LogP contribution in [0.3, 0.4) is 0 Å². The van der Waals surface area contributed by atoms with E-state index in [0.29, 0.717) is 6.42 Å². The maximum Gasteiger partial charge on any atom is 0.222 e. The molecule has 9 heteroatoms. The van der Waals surface area contributed by atoms with E-state index in [-0.39, 0.29) is 17.6 Å². The van der Waals surface area contributed by atoms with Gasteiger partial charge in [-0.05, 0) is 68.7 Å². The standard InChI is InChI=1S/C30H31N7O2/c1-19(22-8-13-31-29-23(22)9-14-32-29)39-21-4-5-25-24(17-21)28(35-34-25)20-3-6-26(33-18-20)37-15-11-30(12-16-37)10-7-27(38)36(30)2/h3-6,8-9,13-14,17-19H,7,10-12,15-16H2,1-2H3,(H,31,32)(H,34,35)/t19-/m1/s1. The highest BCUT2D eigenvalue weighted by Gasteiger charge is 2.45. The van der Waals surface area contributed by atoms with Crippen LogP contribution in [0.25, 0.3) is 33.2 Å². The molecule has 39 heavy (non-hydrogen) atoms. The van der Waals surface area contributed by atoms with Gasteiger partial charge in [0.05, 0.1) is 5.52 Å². The van der Waals surface area contributed by atoms with Gasteiger partial charge in [0, 0.05) is 72.6 Å². The van der Waals surface area contributed by atoms with E-state index >= 15 is 0 Å². The molecule has 5 aromatic rings. The lowest BCUT2D eigenvalue weighted by atomic mass is 9.85. The molecule has 0 bridgehead atoms. The number of carbonyl (C=O) groups excluding carboxylic acids is 1. The Morgan fingerprint density at radius 3 is 2.67 bits per heavy atom. The number of fused-ring (bicyclic) bond motifs is 2. The Hall–Kier alpha value is -4.40. The SMILES string of the molecule is C[C@@H](Oc1ccc2[nH]nc(-c3ccc(N4CCC5(CCC(=O)N5C)CC4)nc3)c2c1)c1ccnc2[nH]ccc12. The summed E-state index contributed by atoms with van der Waals surface area (Å²) < 4.78 is 6.37. The van der Waals surface area contributed by atoms with E-state index in [1.165, 1.54) is 0 Å². The van der Waals surface area contributed by atoms with Crippen molar-refractivity contribution in [3.05, 3.63) is 66.6 Å². The molecule has 2 N–H and O–H groups in total. The van der Waals surface area contributed by atoms with Crippen LogP contribution in [0.5, 0.6) is 5.75 Å². The van der Waals surface area contributed by atoms with Gasteiger partial charge in [0.2, 0.25) is 5.91 Å². The fraction of sp³-hybridized carbons (Fsp3) is 0.333. The number of H-pyrrole nitrogens is 2. The quantitative estimate of drug-likeness (QED) is 0.328. The summed E-state index contributed by atoms with van der Waals surface area (Å²) in [6.45, 7) is 3.86. The Balaban J connectivity index is 1.09. The van der Waals surface area contributed by atoms with Crippen molar-refractivity contribution in [3.8, 4) is 17.0 Å². The number of nitrogens with zero attached hydrogens (tertiary/aromatic N) is 5. The minimum absolute atomic E-state index is 0.0315. The highest BCUT2D eigenvalue weighted by atomic mass is 16.5. The van der Waals surface area contributed by atoms with E-state index in [0.717, 1.165) is 82.7 Å². The molecule has 0 unspecified atom stereocenters. The summed E-state index contributed by atoms with van der Waals surface area (Å²) in [6, 6.07) is 14.2. The van der Waals surface area contributed by atoms with Crippen molar-refractivity contribution in [1.82, 2.24) is 30.0 Å². The second-order valence-electron chi connectivity index (χ2n) is 10.7. The number of rotatable bonds is 5. The summed E-state index contributed by atoms with van der Waals surface area (Å²) in [5.41, 5.74) is 4.72. The Kier molecular flexibility index (Phi) is 5.54. The molecule has 7 rings (SSSR count). The van der Waals surface area contributed by atoms with Crippen LogP contribution in [0.15, 0.2) is 61.1 Å². The lowest BCUT2D eigenvalue weighted by Gasteiger charge is -2.43. The van der Waals surface area contributed by atoms with Crippen molar-refractivity contribution in [2.24, 2.45) is 0 Å². The van der Waals surface area contributed by atoms with Gasteiger partial charge in [-0.1, -0.05) is 0 Å². The number of anilines is 1. The van der Waals surface area contributed by atoms with E-state index < -0.39 is 0 Å². The van der Waals surface area contributed by atoms with E-state index in [4.69, 9.17) is 9.72 Å². The van der Waals surface area contributed by atoms with Crippen molar-refractivity contribution in [1.29, 1.82) is 0 Å². The molecule has 1 aromatic carbocycles. The zero-order chi connectivity index (χ0) is 26.6. The molecule has 2 fully saturated rings. The first-order chi connectivity index (χ1) is 19.0. The smallest absolute Gasteiger partial charge is 0.222 e. The summed E-state index contributed by atoms with van der Waals surface area (Å²) in [5, 5.41) is 9.80. The molecule has 6 heterocycles. The van der Waals surface area contributed by atoms with Gasteiger partial charge in [0.1, 0.15) is 29.0 Å². The highest BCUT2D eigenvalue weighted by Crippen LogP contribution is 2.39. The fourth-order valence-corrected chi connectivity index (χ4v) is 6.28. The number of aromatic amines is 2. The third-order valence-electron chi connectivity index (χ3n) is 8.71. The molecule has 0 radical (unpaired) electrons. The lowest BCUT2D eigenvalue weighted by molar-refractivity contribution is -0.130. The molecular weight excluding hydrogens is 490 g/mol. The average molecular weight is 522 g/mol. The number of ether oxygens (including phenoxy) is 1. The third-order valence-corrected chi connectivity index (χ3v) is 8.71. The van der Waals surface area contributed by atoms with Crippen molar-refractivity contribution < 1.29 is 9.53 Å². The van der Waals surface area contributed by atoms with Gasteiger partial charge in [-0.2, -0.15) is 5.10 Å². The zero-order valence-corrected chi connectivity index (χ0v) is 22.1. The molecule has 1 spiro atoms. The van der Waals surface area contributed by atoms with Crippen LogP contribution in [-0.4, -0.2) is 61.6 Å². The minimum Gasteiger partial charge on any atom is -0.486 e. The number of amides is 1. The van der Waals surface area contributed by atoms with Crippen molar-refractivity contribution in [2.45, 2.75) is 44.2 Å². The van der Waals surface area contributed by atoms with Gasteiger partial charge < -0.3 is 19.5 Å². The Bertz CT molecular complexity index is 1660. The van der Waals surface area contributed by atoms with Crippen molar-refractivity contribution >= 4 is 33.7 Å². The molecule has 1 amide bonds. The maximum absolute atomic E-state index is 12.1. The number of hydrogen-bond donors (Lipinski definition) is 2. The number of nitrogens with one attached hydrogen (secondary N) is 2. The van der Waals surface area contributed by atoms with Crippen LogP contribution in [-0.2, 0) is 4.79 Å². The molecule has 198 valence electrons. The van der Waals surface area contributed by atoms with E-state index in [1.54, 1.807) is 6.20 Å². The topological polar surface area (TPSA) is 103 Å². The summed E-state index contributed by atoms with van der Waals surface area (Å²) in [5.74, 6) is 2.02. The second kappa shape index (κ2) is 9.11. The largest absolute Gasteiger partial charge is 0.486 e. The summed E-state index contributed by atoms with van der Waals surface area (Å²) >= 11 is 0. The summed E-state index contributed by atoms with van der Waals surface area (Å²) in [4.78, 5) is 28.8. The Morgan fingerprint density at radius 1 is 1.03 bits per heavy atom. The molecule has 4 aromatic heterocycles. The molecule has 2 saturated heterocycles. The van der Waals surface area contributed by atoms with Gasteiger partial charge >= 0.3 is 0 Å². The Labute approximate surface area is 226 Å². The zero-order valence-electron chi connectivity index (χ0n) is 22.1. The van der Waals surface area contributed by atoms with Crippen molar-refractivity contribution in [3.63, 3.8) is 0 Å². The summed E-state index contributed by atoms with van der Waals surface area (Å²) in [6.07, 6.45) is 9.07. The number of carbonyl (C=O) groups is 1. The third kappa shape index (κ3) is 4.00. The van der Waals surface area contributed by atoms with Crippen LogP contribution >= 0.6 is 0 Å². The minimum atomic E-state index is -0.147. The van der Waals surface area contributed by atoms with Gasteiger partial charge in [-0.15, -0.1) is 0 Å². The first-order valence-corrected chi connectivity index (χ1v) is 13.6. The molecule has 9 nitrogen and oxygen atoms in total. The van der Waals surface area contributed by atoms with E-state index in [9.17, 15) is 4.79 Å². The number of benzene rings is 1. The number of piperidine rings is 1. The number of aromatic nitrogens is 5. The highest BCUT2D eigenvalue weighted by molar-refractivity contribution is 5.93.